The Balaban J connectivity index is 2.10. The second kappa shape index (κ2) is 7.12. The van der Waals surface area contributed by atoms with Gasteiger partial charge in [0.15, 0.2) is 17.3 Å². The molecule has 0 N–H and O–H groups in total. The lowest BCUT2D eigenvalue weighted by atomic mass is 10.1. The number of hydrogen-bond acceptors (Lipinski definition) is 6. The van der Waals surface area contributed by atoms with Gasteiger partial charge in [-0.25, -0.2) is 9.67 Å². The molecule has 0 aliphatic carbocycles. The van der Waals surface area contributed by atoms with E-state index in [1.165, 1.54) is 6.33 Å². The predicted octanol–water partition coefficient (Wildman–Crippen LogP) is 2.97. The summed E-state index contributed by atoms with van der Waals surface area (Å²) in [6.45, 7) is 0. The van der Waals surface area contributed by atoms with E-state index in [2.05, 4.69) is 10.1 Å². The van der Waals surface area contributed by atoms with Crippen LogP contribution < -0.4 is 18.9 Å². The van der Waals surface area contributed by atoms with Gasteiger partial charge < -0.3 is 18.9 Å². The van der Waals surface area contributed by atoms with E-state index in [0.29, 0.717) is 23.1 Å². The molecule has 0 unspecified atom stereocenters. The van der Waals surface area contributed by atoms with Crippen LogP contribution >= 0.6 is 0 Å². The molecule has 0 radical (unpaired) electrons. The lowest BCUT2D eigenvalue weighted by Crippen LogP contribution is -2.01. The summed E-state index contributed by atoms with van der Waals surface area (Å²) < 4.78 is 23.1. The van der Waals surface area contributed by atoms with E-state index < -0.39 is 0 Å². The molecule has 7 nitrogen and oxygen atoms in total. The zero-order valence-corrected chi connectivity index (χ0v) is 14.5. The largest absolute Gasteiger partial charge is 0.497 e. The van der Waals surface area contributed by atoms with Crippen LogP contribution in [0.2, 0.25) is 0 Å². The summed E-state index contributed by atoms with van der Waals surface area (Å²) in [5, 5.41) is 4.32. The molecule has 0 saturated heterocycles. The zero-order chi connectivity index (χ0) is 17.8. The van der Waals surface area contributed by atoms with Crippen molar-refractivity contribution in [2.45, 2.75) is 0 Å². The molecule has 1 heterocycles. The fourth-order valence-corrected chi connectivity index (χ4v) is 2.56. The molecular formula is C18H19N3O4. The van der Waals surface area contributed by atoms with Crippen molar-refractivity contribution in [1.82, 2.24) is 14.8 Å². The van der Waals surface area contributed by atoms with Gasteiger partial charge >= 0.3 is 0 Å². The topological polar surface area (TPSA) is 67.6 Å². The smallest absolute Gasteiger partial charge is 0.203 e. The summed E-state index contributed by atoms with van der Waals surface area (Å²) in [7, 11) is 6.36. The Labute approximate surface area is 145 Å². The second-order valence-electron chi connectivity index (χ2n) is 5.11. The van der Waals surface area contributed by atoms with Gasteiger partial charge in [-0.15, -0.1) is 0 Å². The van der Waals surface area contributed by atoms with Crippen LogP contribution in [0.25, 0.3) is 17.1 Å². The number of aromatic nitrogens is 3. The fraction of sp³-hybridized carbons (Fsp3) is 0.222. The Morgan fingerprint density at radius 3 is 1.96 bits per heavy atom. The molecular weight excluding hydrogens is 322 g/mol. The molecule has 0 aliphatic heterocycles. The van der Waals surface area contributed by atoms with Gasteiger partial charge in [-0.3, -0.25) is 0 Å². The molecule has 1 aromatic heterocycles. The van der Waals surface area contributed by atoms with Crippen molar-refractivity contribution < 1.29 is 18.9 Å². The highest BCUT2D eigenvalue weighted by molar-refractivity contribution is 5.67. The third-order valence-electron chi connectivity index (χ3n) is 3.79. The Bertz CT molecular complexity index is 834. The normalized spacial score (nSPS) is 10.4. The number of ether oxygens (including phenoxy) is 4. The van der Waals surface area contributed by atoms with Crippen LogP contribution in [-0.4, -0.2) is 43.2 Å². The van der Waals surface area contributed by atoms with E-state index in [9.17, 15) is 0 Å². The third-order valence-corrected chi connectivity index (χ3v) is 3.79. The van der Waals surface area contributed by atoms with E-state index in [1.54, 1.807) is 33.1 Å². The standard InChI is InChI=1S/C18H19N3O4/c1-22-14-7-5-13(6-8-14)21-18(19-11-20-21)12-9-15(23-2)17(25-4)16(10-12)24-3/h5-11H,1-4H3. The molecule has 0 bridgehead atoms. The number of rotatable bonds is 6. The first kappa shape index (κ1) is 16.6. The highest BCUT2D eigenvalue weighted by atomic mass is 16.5. The van der Waals surface area contributed by atoms with Crippen molar-refractivity contribution in [1.29, 1.82) is 0 Å². The van der Waals surface area contributed by atoms with Crippen LogP contribution in [0, 0.1) is 0 Å². The van der Waals surface area contributed by atoms with Gasteiger partial charge in [0.2, 0.25) is 5.75 Å². The molecule has 3 rings (SSSR count). The average molecular weight is 341 g/mol. The summed E-state index contributed by atoms with van der Waals surface area (Å²) in [4.78, 5) is 4.38. The van der Waals surface area contributed by atoms with Crippen molar-refractivity contribution in [3.63, 3.8) is 0 Å². The third kappa shape index (κ3) is 3.08. The van der Waals surface area contributed by atoms with Crippen LogP contribution in [-0.2, 0) is 0 Å². The van der Waals surface area contributed by atoms with E-state index in [0.717, 1.165) is 17.0 Å². The minimum absolute atomic E-state index is 0.532. The predicted molar refractivity (Wildman–Crippen MR) is 93.0 cm³/mol. The Hall–Kier alpha value is -3.22. The van der Waals surface area contributed by atoms with Gasteiger partial charge in [0.1, 0.15) is 12.1 Å². The highest BCUT2D eigenvalue weighted by Crippen LogP contribution is 2.41. The van der Waals surface area contributed by atoms with Crippen LogP contribution in [0.15, 0.2) is 42.7 Å². The van der Waals surface area contributed by atoms with Crippen molar-refractivity contribution in [2.75, 3.05) is 28.4 Å². The van der Waals surface area contributed by atoms with Gasteiger partial charge in [-0.2, -0.15) is 5.10 Å². The Morgan fingerprint density at radius 1 is 0.800 bits per heavy atom. The quantitative estimate of drug-likeness (QED) is 0.687. The summed E-state index contributed by atoms with van der Waals surface area (Å²) in [5.41, 5.74) is 1.66. The van der Waals surface area contributed by atoms with E-state index in [4.69, 9.17) is 18.9 Å². The molecule has 25 heavy (non-hydrogen) atoms. The van der Waals surface area contributed by atoms with Gasteiger partial charge in [0, 0.05) is 5.56 Å². The molecule has 0 aliphatic rings. The second-order valence-corrected chi connectivity index (χ2v) is 5.11. The molecule has 0 amide bonds. The number of hydrogen-bond donors (Lipinski definition) is 0. The molecule has 130 valence electrons. The van der Waals surface area contributed by atoms with Crippen molar-refractivity contribution in [2.24, 2.45) is 0 Å². The number of methoxy groups -OCH3 is 4. The highest BCUT2D eigenvalue weighted by Gasteiger charge is 2.17. The Morgan fingerprint density at radius 2 is 1.44 bits per heavy atom. The Kier molecular flexibility index (Phi) is 4.74. The maximum atomic E-state index is 5.41. The lowest BCUT2D eigenvalue weighted by Gasteiger charge is -2.14. The van der Waals surface area contributed by atoms with Gasteiger partial charge in [-0.05, 0) is 36.4 Å². The molecule has 0 saturated carbocycles. The number of nitrogens with zero attached hydrogens (tertiary/aromatic N) is 3. The maximum absolute atomic E-state index is 5.41. The van der Waals surface area contributed by atoms with E-state index in [1.807, 2.05) is 36.4 Å². The molecule has 2 aromatic carbocycles. The molecule has 3 aromatic rings. The first-order valence-corrected chi connectivity index (χ1v) is 7.56. The summed E-state index contributed by atoms with van der Waals surface area (Å²) in [6.07, 6.45) is 1.50. The maximum Gasteiger partial charge on any atom is 0.203 e. The lowest BCUT2D eigenvalue weighted by molar-refractivity contribution is 0.324. The molecule has 0 fully saturated rings. The monoisotopic (exact) mass is 341 g/mol. The van der Waals surface area contributed by atoms with Crippen LogP contribution in [0.3, 0.4) is 0 Å². The minimum Gasteiger partial charge on any atom is -0.497 e. The fourth-order valence-electron chi connectivity index (χ4n) is 2.56. The van der Waals surface area contributed by atoms with Crippen LogP contribution in [0.1, 0.15) is 0 Å². The van der Waals surface area contributed by atoms with Crippen LogP contribution in [0.4, 0.5) is 0 Å². The van der Waals surface area contributed by atoms with Gasteiger partial charge in [-0.1, -0.05) is 0 Å². The summed E-state index contributed by atoms with van der Waals surface area (Å²) in [6, 6.07) is 11.2. The van der Waals surface area contributed by atoms with Crippen molar-refractivity contribution in [3.8, 4) is 40.1 Å². The van der Waals surface area contributed by atoms with Crippen LogP contribution in [0.5, 0.6) is 23.0 Å². The van der Waals surface area contributed by atoms with E-state index >= 15 is 0 Å². The van der Waals surface area contributed by atoms with E-state index in [-0.39, 0.29) is 0 Å². The number of benzene rings is 2. The van der Waals surface area contributed by atoms with Crippen molar-refractivity contribution >= 4 is 0 Å². The van der Waals surface area contributed by atoms with Gasteiger partial charge in [0.25, 0.3) is 0 Å². The molecule has 7 heteroatoms. The first-order chi connectivity index (χ1) is 12.2. The SMILES string of the molecule is COc1ccc(-n2ncnc2-c2cc(OC)c(OC)c(OC)c2)cc1. The van der Waals surface area contributed by atoms with Crippen molar-refractivity contribution in [3.05, 3.63) is 42.7 Å². The zero-order valence-electron chi connectivity index (χ0n) is 14.5. The van der Waals surface area contributed by atoms with Gasteiger partial charge in [0.05, 0.1) is 34.1 Å². The summed E-state index contributed by atoms with van der Waals surface area (Å²) >= 11 is 0. The molecule has 0 atom stereocenters. The summed E-state index contributed by atoms with van der Waals surface area (Å²) in [5.74, 6) is 3.08. The molecule has 0 spiro atoms. The average Bonchev–Trinajstić information content (AvgIpc) is 3.16. The minimum atomic E-state index is 0.532. The first-order valence-electron chi connectivity index (χ1n) is 7.56.